The molecule has 3 aromatic rings. The topological polar surface area (TPSA) is 144 Å². The number of azide groups is 1. The standard InChI is InChI=1S/C25H27N7O4/c1-13-14(2)35-24(33)16-7-8-20(30-22(13)16)29-21-9-17-18(10-27-21)23(36-15-5-6-15)28-11-19(17)25(3,12-34-4)31-32-26/h7-11,13-15H,5-6,12H2,1-4H3,(H,27,29,30)/t13-,14-,25?/m0/s1. The average Bonchev–Trinajstić information content (AvgIpc) is 3.67. The lowest BCUT2D eigenvalue weighted by Gasteiger charge is -2.27. The second-order valence-electron chi connectivity index (χ2n) is 9.46. The Morgan fingerprint density at radius 1 is 1.22 bits per heavy atom. The second-order valence-corrected chi connectivity index (χ2v) is 9.46. The third-order valence-corrected chi connectivity index (χ3v) is 6.64. The maximum atomic E-state index is 12.3. The number of esters is 1. The number of carbonyl (C=O) groups is 1. The molecule has 0 spiro atoms. The Kier molecular flexibility index (Phi) is 6.11. The van der Waals surface area contributed by atoms with Gasteiger partial charge in [-0.25, -0.2) is 19.7 Å². The van der Waals surface area contributed by atoms with Crippen molar-refractivity contribution in [3.63, 3.8) is 0 Å². The summed E-state index contributed by atoms with van der Waals surface area (Å²) in [5, 5.41) is 8.76. The van der Waals surface area contributed by atoms with Gasteiger partial charge in [0.05, 0.1) is 28.8 Å². The van der Waals surface area contributed by atoms with Crippen LogP contribution in [0.3, 0.4) is 0 Å². The maximum Gasteiger partial charge on any atom is 0.340 e. The van der Waals surface area contributed by atoms with E-state index in [4.69, 9.17) is 19.2 Å². The molecule has 1 aliphatic carbocycles. The normalized spacial score (nSPS) is 20.6. The number of hydrogen-bond donors (Lipinski definition) is 1. The van der Waals surface area contributed by atoms with Crippen LogP contribution in [-0.4, -0.2) is 46.8 Å². The van der Waals surface area contributed by atoms with E-state index >= 15 is 0 Å². The summed E-state index contributed by atoms with van der Waals surface area (Å²) in [6.45, 7) is 5.80. The van der Waals surface area contributed by atoms with Crippen LogP contribution in [0.1, 0.15) is 61.1 Å². The molecular weight excluding hydrogens is 462 g/mol. The Morgan fingerprint density at radius 3 is 2.75 bits per heavy atom. The highest BCUT2D eigenvalue weighted by atomic mass is 16.5. The third kappa shape index (κ3) is 4.38. The molecule has 36 heavy (non-hydrogen) atoms. The number of fused-ring (bicyclic) bond motifs is 2. The van der Waals surface area contributed by atoms with Crippen molar-refractivity contribution in [2.45, 2.75) is 57.3 Å². The van der Waals surface area contributed by atoms with E-state index < -0.39 is 5.54 Å². The minimum Gasteiger partial charge on any atom is -0.474 e. The summed E-state index contributed by atoms with van der Waals surface area (Å²) in [6, 6.07) is 5.29. The fourth-order valence-corrected chi connectivity index (χ4v) is 4.34. The highest BCUT2D eigenvalue weighted by molar-refractivity contribution is 5.93. The Morgan fingerprint density at radius 2 is 2.03 bits per heavy atom. The van der Waals surface area contributed by atoms with E-state index in [2.05, 4.69) is 25.3 Å². The number of cyclic esters (lactones) is 1. The first-order valence-corrected chi connectivity index (χ1v) is 11.8. The maximum absolute atomic E-state index is 12.3. The number of carbonyl (C=O) groups excluding carboxylic acids is 1. The molecule has 3 atom stereocenters. The van der Waals surface area contributed by atoms with Gasteiger partial charge in [-0.3, -0.25) is 0 Å². The van der Waals surface area contributed by atoms with E-state index in [0.717, 1.165) is 18.2 Å². The zero-order valence-electron chi connectivity index (χ0n) is 20.6. The van der Waals surface area contributed by atoms with Crippen LogP contribution >= 0.6 is 0 Å². The number of aromatic nitrogens is 3. The molecule has 0 aromatic carbocycles. The lowest BCUT2D eigenvalue weighted by molar-refractivity contribution is 0.0235. The molecule has 11 heteroatoms. The van der Waals surface area contributed by atoms with Gasteiger partial charge in [0.2, 0.25) is 5.88 Å². The lowest BCUT2D eigenvalue weighted by Crippen LogP contribution is -2.29. The number of hydrogen-bond acceptors (Lipinski definition) is 9. The number of nitrogens with one attached hydrogen (secondary N) is 1. The van der Waals surface area contributed by atoms with Gasteiger partial charge in [0.25, 0.3) is 0 Å². The van der Waals surface area contributed by atoms with Crippen molar-refractivity contribution in [1.29, 1.82) is 0 Å². The molecule has 5 rings (SSSR count). The number of rotatable bonds is 8. The van der Waals surface area contributed by atoms with Crippen LogP contribution in [0.5, 0.6) is 5.88 Å². The molecule has 2 aliphatic rings. The molecule has 1 N–H and O–H groups in total. The van der Waals surface area contributed by atoms with Crippen LogP contribution in [0.2, 0.25) is 0 Å². The van der Waals surface area contributed by atoms with E-state index in [1.165, 1.54) is 0 Å². The van der Waals surface area contributed by atoms with Crippen LogP contribution in [0.4, 0.5) is 11.6 Å². The van der Waals surface area contributed by atoms with Gasteiger partial charge in [0.15, 0.2) is 0 Å². The molecule has 1 aliphatic heterocycles. The van der Waals surface area contributed by atoms with Crippen molar-refractivity contribution >= 4 is 28.4 Å². The number of ether oxygens (including phenoxy) is 3. The molecule has 1 saturated carbocycles. The fourth-order valence-electron chi connectivity index (χ4n) is 4.34. The molecular formula is C25H27N7O4. The largest absolute Gasteiger partial charge is 0.474 e. The molecule has 11 nitrogen and oxygen atoms in total. The van der Waals surface area contributed by atoms with Gasteiger partial charge in [-0.15, -0.1) is 0 Å². The molecule has 0 bridgehead atoms. The Labute approximate surface area is 207 Å². The minimum atomic E-state index is -0.999. The van der Waals surface area contributed by atoms with Crippen molar-refractivity contribution < 1.29 is 19.0 Å². The Hall–Kier alpha value is -3.95. The summed E-state index contributed by atoms with van der Waals surface area (Å²) in [5.41, 5.74) is 10.1. The molecule has 4 heterocycles. The summed E-state index contributed by atoms with van der Waals surface area (Å²) in [4.78, 5) is 29.1. The first-order valence-electron chi connectivity index (χ1n) is 11.8. The number of nitrogens with zero attached hydrogens (tertiary/aromatic N) is 6. The van der Waals surface area contributed by atoms with E-state index in [1.807, 2.05) is 19.9 Å². The Bertz CT molecular complexity index is 1390. The average molecular weight is 490 g/mol. The van der Waals surface area contributed by atoms with Crippen molar-refractivity contribution in [3.05, 3.63) is 57.9 Å². The van der Waals surface area contributed by atoms with Gasteiger partial charge in [-0.1, -0.05) is 12.0 Å². The smallest absolute Gasteiger partial charge is 0.340 e. The molecule has 3 aromatic heterocycles. The first-order chi connectivity index (χ1) is 17.3. The lowest BCUT2D eigenvalue weighted by atomic mass is 9.91. The quantitative estimate of drug-likeness (QED) is 0.198. The fraction of sp³-hybridized carbons (Fsp3) is 0.440. The molecule has 1 fully saturated rings. The van der Waals surface area contributed by atoms with E-state index in [1.54, 1.807) is 38.6 Å². The zero-order chi connectivity index (χ0) is 25.4. The SMILES string of the molecule is COCC(C)(N=[N+]=[N-])c1cnc(OC2CC2)c2cnc(Nc3ccc4c(n3)[C@@H](C)[C@H](C)OC4=O)cc12. The summed E-state index contributed by atoms with van der Waals surface area (Å²) in [7, 11) is 1.55. The predicted octanol–water partition coefficient (Wildman–Crippen LogP) is 5.14. The number of pyridine rings is 3. The van der Waals surface area contributed by atoms with E-state index in [9.17, 15) is 10.3 Å². The van der Waals surface area contributed by atoms with Crippen molar-refractivity contribution in [2.75, 3.05) is 19.0 Å². The van der Waals surface area contributed by atoms with Gasteiger partial charge in [0.1, 0.15) is 23.8 Å². The summed E-state index contributed by atoms with van der Waals surface area (Å²) >= 11 is 0. The third-order valence-electron chi connectivity index (χ3n) is 6.64. The highest BCUT2D eigenvalue weighted by Gasteiger charge is 2.32. The summed E-state index contributed by atoms with van der Waals surface area (Å²) in [6.07, 6.45) is 5.24. The first kappa shape index (κ1) is 23.8. The second kappa shape index (κ2) is 9.25. The molecule has 186 valence electrons. The van der Waals surface area contributed by atoms with Crippen LogP contribution in [0, 0.1) is 0 Å². The molecule has 0 amide bonds. The van der Waals surface area contributed by atoms with Crippen molar-refractivity contribution in [1.82, 2.24) is 15.0 Å². The van der Waals surface area contributed by atoms with Gasteiger partial charge in [0, 0.05) is 30.3 Å². The minimum absolute atomic E-state index is 0.0394. The van der Waals surface area contributed by atoms with Crippen molar-refractivity contribution in [2.24, 2.45) is 5.11 Å². The molecule has 1 unspecified atom stereocenters. The van der Waals surface area contributed by atoms with Gasteiger partial charge in [-0.2, -0.15) is 0 Å². The number of anilines is 2. The van der Waals surface area contributed by atoms with Crippen molar-refractivity contribution in [3.8, 4) is 5.88 Å². The van der Waals surface area contributed by atoms with Crippen LogP contribution in [-0.2, 0) is 15.0 Å². The number of methoxy groups -OCH3 is 1. The van der Waals surface area contributed by atoms with Crippen LogP contribution < -0.4 is 10.1 Å². The van der Waals surface area contributed by atoms with Gasteiger partial charge < -0.3 is 19.5 Å². The van der Waals surface area contributed by atoms with E-state index in [-0.39, 0.29) is 30.7 Å². The van der Waals surface area contributed by atoms with Crippen LogP contribution in [0.25, 0.3) is 21.2 Å². The molecule has 0 radical (unpaired) electrons. The predicted molar refractivity (Wildman–Crippen MR) is 132 cm³/mol. The molecule has 0 saturated heterocycles. The van der Waals surface area contributed by atoms with Crippen LogP contribution in [0.15, 0.2) is 35.7 Å². The van der Waals surface area contributed by atoms with Gasteiger partial charge in [-0.05, 0) is 61.4 Å². The monoisotopic (exact) mass is 489 g/mol. The zero-order valence-corrected chi connectivity index (χ0v) is 20.6. The summed E-state index contributed by atoms with van der Waals surface area (Å²) < 4.78 is 16.8. The summed E-state index contributed by atoms with van der Waals surface area (Å²) in [5.74, 6) is 1.16. The van der Waals surface area contributed by atoms with E-state index in [0.29, 0.717) is 39.7 Å². The Balaban J connectivity index is 1.57. The van der Waals surface area contributed by atoms with Gasteiger partial charge >= 0.3 is 5.97 Å². The highest BCUT2D eigenvalue weighted by Crippen LogP contribution is 2.38.